The number of hydrogen-bond acceptors (Lipinski definition) is 7. The van der Waals surface area contributed by atoms with Gasteiger partial charge in [-0.25, -0.2) is 9.88 Å². The third kappa shape index (κ3) is 2.89. The van der Waals surface area contributed by atoms with Crippen molar-refractivity contribution in [2.24, 2.45) is 17.8 Å². The number of amides is 2. The maximum Gasteiger partial charge on any atom is 0.271 e. The number of imide groups is 1. The highest BCUT2D eigenvalue weighted by molar-refractivity contribution is 6.23. The summed E-state index contributed by atoms with van der Waals surface area (Å²) in [6.45, 7) is 3.95. The van der Waals surface area contributed by atoms with Crippen LogP contribution in [0.15, 0.2) is 77.6 Å². The third-order valence-corrected chi connectivity index (χ3v) is 8.31. The van der Waals surface area contributed by atoms with Crippen LogP contribution < -0.4 is 15.8 Å². The van der Waals surface area contributed by atoms with E-state index >= 15 is 0 Å². The number of nitro groups is 1. The van der Waals surface area contributed by atoms with Crippen molar-refractivity contribution in [2.45, 2.75) is 25.4 Å². The van der Waals surface area contributed by atoms with Crippen molar-refractivity contribution in [3.63, 3.8) is 0 Å². The molecule has 3 aromatic carbocycles. The number of nitrogens with zero attached hydrogens (tertiary/aromatic N) is 4. The highest BCUT2D eigenvalue weighted by atomic mass is 16.6. The Morgan fingerprint density at radius 1 is 0.974 bits per heavy atom. The monoisotopic (exact) mass is 521 g/mol. The summed E-state index contributed by atoms with van der Waals surface area (Å²) in [5.41, 5.74) is 0.251. The van der Waals surface area contributed by atoms with E-state index in [1.807, 2.05) is 38.1 Å². The van der Waals surface area contributed by atoms with Crippen LogP contribution in [0, 0.1) is 27.9 Å². The van der Waals surface area contributed by atoms with E-state index in [0.29, 0.717) is 28.0 Å². The third-order valence-electron chi connectivity index (χ3n) is 8.31. The van der Waals surface area contributed by atoms with Crippen LogP contribution in [0.1, 0.15) is 25.2 Å². The Labute approximate surface area is 222 Å². The van der Waals surface area contributed by atoms with Gasteiger partial charge in [0, 0.05) is 23.7 Å². The first-order valence-corrected chi connectivity index (χ1v) is 12.8. The van der Waals surface area contributed by atoms with Crippen molar-refractivity contribution in [1.29, 1.82) is 0 Å². The lowest BCUT2D eigenvalue weighted by Crippen LogP contribution is -2.51. The highest BCUT2D eigenvalue weighted by Crippen LogP contribution is 2.56. The van der Waals surface area contributed by atoms with Crippen LogP contribution in [0.4, 0.5) is 11.4 Å². The minimum atomic E-state index is -1.25. The number of anilines is 1. The Kier molecular flexibility index (Phi) is 4.75. The van der Waals surface area contributed by atoms with Crippen molar-refractivity contribution >= 4 is 34.1 Å². The molecule has 10 nitrogen and oxygen atoms in total. The summed E-state index contributed by atoms with van der Waals surface area (Å²) in [6, 6.07) is 19.6. The number of rotatable bonds is 3. The van der Waals surface area contributed by atoms with E-state index in [0.717, 1.165) is 4.90 Å². The Morgan fingerprint density at radius 3 is 2.49 bits per heavy atom. The summed E-state index contributed by atoms with van der Waals surface area (Å²) < 4.78 is 1.55. The molecule has 3 aliphatic heterocycles. The number of para-hydroxylation sites is 2. The molecule has 1 aromatic heterocycles. The number of aromatic nitrogens is 2. The summed E-state index contributed by atoms with van der Waals surface area (Å²) >= 11 is 0. The van der Waals surface area contributed by atoms with Crippen LogP contribution in [0.5, 0.6) is 0 Å². The maximum atomic E-state index is 14.4. The van der Waals surface area contributed by atoms with Crippen molar-refractivity contribution in [1.82, 2.24) is 14.9 Å². The first kappa shape index (κ1) is 23.4. The topological polar surface area (TPSA) is 127 Å². The molecule has 0 radical (unpaired) electrons. The van der Waals surface area contributed by atoms with Gasteiger partial charge in [0.15, 0.2) is 0 Å². The van der Waals surface area contributed by atoms with Gasteiger partial charge in [0.1, 0.15) is 11.4 Å². The standard InChI is InChI=1S/C29H23N5O5/c1-15(2)24-22-23(27(37)32(26(22)36)16-8-7-9-17(14-16)34(38)39)29(31-24)19-11-4-6-13-21(19)33-25(35)18-10-3-5-12-20(18)30-28(29)33/h3-15,22-24,31H,1-2H3/t22-,23-,24-,29+/m1/s1. The van der Waals surface area contributed by atoms with E-state index in [9.17, 15) is 24.5 Å². The van der Waals surface area contributed by atoms with Crippen molar-refractivity contribution < 1.29 is 14.5 Å². The maximum absolute atomic E-state index is 14.4. The second kappa shape index (κ2) is 7.90. The molecule has 10 heteroatoms. The molecule has 1 N–H and O–H groups in total. The van der Waals surface area contributed by atoms with Crippen LogP contribution in [0.25, 0.3) is 16.6 Å². The Bertz CT molecular complexity index is 1810. The largest absolute Gasteiger partial charge is 0.296 e. The SMILES string of the molecule is CC(C)[C@H]1N[C@@]2(c3ccccc3-n3c2nc2ccccc2c3=O)[C@H]2C(=O)N(c3cccc([N+](=O)[O-])c3)C(=O)[C@@H]12. The molecule has 4 aromatic rings. The van der Waals surface area contributed by atoms with Gasteiger partial charge in [0.05, 0.1) is 39.0 Å². The molecule has 0 saturated carbocycles. The van der Waals surface area contributed by atoms with Crippen LogP contribution >= 0.6 is 0 Å². The Morgan fingerprint density at radius 2 is 1.72 bits per heavy atom. The van der Waals surface area contributed by atoms with E-state index in [1.54, 1.807) is 28.8 Å². The molecule has 2 fully saturated rings. The van der Waals surface area contributed by atoms with E-state index in [2.05, 4.69) is 5.32 Å². The lowest BCUT2D eigenvalue weighted by atomic mass is 9.75. The molecule has 1 spiro atoms. The predicted molar refractivity (Wildman–Crippen MR) is 142 cm³/mol. The Hall–Kier alpha value is -4.70. The van der Waals surface area contributed by atoms with E-state index in [4.69, 9.17) is 4.98 Å². The average molecular weight is 522 g/mol. The van der Waals surface area contributed by atoms with Crippen LogP contribution in [-0.4, -0.2) is 32.3 Å². The molecule has 2 amide bonds. The molecule has 4 heterocycles. The molecule has 7 rings (SSSR count). The number of hydrogen-bond donors (Lipinski definition) is 1. The molecule has 2 saturated heterocycles. The van der Waals surface area contributed by atoms with E-state index in [-0.39, 0.29) is 22.9 Å². The zero-order valence-electron chi connectivity index (χ0n) is 21.1. The van der Waals surface area contributed by atoms with Gasteiger partial charge in [-0.05, 0) is 30.2 Å². The lowest BCUT2D eigenvalue weighted by Gasteiger charge is -2.32. The number of non-ortho nitro benzene ring substituents is 1. The molecule has 3 aliphatic rings. The molecule has 4 atom stereocenters. The molecular formula is C29H23N5O5. The summed E-state index contributed by atoms with van der Waals surface area (Å²) in [6.07, 6.45) is 0. The summed E-state index contributed by atoms with van der Waals surface area (Å²) in [7, 11) is 0. The number of nitro benzene ring substituents is 1. The minimum absolute atomic E-state index is 0.0490. The average Bonchev–Trinajstić information content (AvgIpc) is 3.52. The van der Waals surface area contributed by atoms with Gasteiger partial charge in [0.25, 0.3) is 11.2 Å². The first-order chi connectivity index (χ1) is 18.8. The number of benzene rings is 3. The fourth-order valence-corrected chi connectivity index (χ4v) is 6.72. The molecule has 0 aliphatic carbocycles. The minimum Gasteiger partial charge on any atom is -0.296 e. The van der Waals surface area contributed by atoms with Crippen LogP contribution in [0.2, 0.25) is 0 Å². The van der Waals surface area contributed by atoms with Crippen LogP contribution in [-0.2, 0) is 15.1 Å². The normalized spacial score (nSPS) is 25.0. The Balaban J connectivity index is 1.51. The fraction of sp³-hybridized carbons (Fsp3) is 0.241. The van der Waals surface area contributed by atoms with Crippen LogP contribution in [0.3, 0.4) is 0 Å². The smallest absolute Gasteiger partial charge is 0.271 e. The molecule has 39 heavy (non-hydrogen) atoms. The van der Waals surface area contributed by atoms with Crippen molar-refractivity contribution in [3.05, 3.63) is 105 Å². The highest BCUT2D eigenvalue weighted by Gasteiger charge is 2.70. The first-order valence-electron chi connectivity index (χ1n) is 12.8. The van der Waals surface area contributed by atoms with Gasteiger partial charge in [-0.1, -0.05) is 50.2 Å². The van der Waals surface area contributed by atoms with E-state index in [1.165, 1.54) is 24.3 Å². The zero-order chi connectivity index (χ0) is 27.2. The van der Waals surface area contributed by atoms with Gasteiger partial charge >= 0.3 is 0 Å². The molecular weight excluding hydrogens is 498 g/mol. The quantitative estimate of drug-likeness (QED) is 0.249. The molecule has 0 bridgehead atoms. The van der Waals surface area contributed by atoms with Gasteiger partial charge in [-0.15, -0.1) is 0 Å². The lowest BCUT2D eigenvalue weighted by molar-refractivity contribution is -0.384. The van der Waals surface area contributed by atoms with Gasteiger partial charge < -0.3 is 0 Å². The molecule has 194 valence electrons. The number of carbonyl (C=O) groups excluding carboxylic acids is 2. The number of fused-ring (bicyclic) bond motifs is 8. The summed E-state index contributed by atoms with van der Waals surface area (Å²) in [4.78, 5) is 59.1. The second-order valence-corrected chi connectivity index (χ2v) is 10.6. The van der Waals surface area contributed by atoms with Crippen molar-refractivity contribution in [2.75, 3.05) is 4.90 Å². The number of nitrogens with one attached hydrogen (secondary N) is 1. The molecule has 0 unspecified atom stereocenters. The van der Waals surface area contributed by atoms with Gasteiger partial charge in [0.2, 0.25) is 11.8 Å². The zero-order valence-corrected chi connectivity index (χ0v) is 21.1. The second-order valence-electron chi connectivity index (χ2n) is 10.6. The van der Waals surface area contributed by atoms with Crippen molar-refractivity contribution in [3.8, 4) is 5.69 Å². The van der Waals surface area contributed by atoms with E-state index < -0.39 is 40.2 Å². The fourth-order valence-electron chi connectivity index (χ4n) is 6.72. The summed E-state index contributed by atoms with van der Waals surface area (Å²) in [5.74, 6) is -2.27. The number of carbonyl (C=O) groups is 2. The van der Waals surface area contributed by atoms with Gasteiger partial charge in [-0.2, -0.15) is 0 Å². The summed E-state index contributed by atoms with van der Waals surface area (Å²) in [5, 5.41) is 15.5. The van der Waals surface area contributed by atoms with Gasteiger partial charge in [-0.3, -0.25) is 34.4 Å². The predicted octanol–water partition coefficient (Wildman–Crippen LogP) is 3.28.